The molecule has 0 fully saturated rings. The topological polar surface area (TPSA) is 81.8 Å². The maximum Gasteiger partial charge on any atom is 0.416 e. The molecule has 26 heavy (non-hydrogen) atoms. The van der Waals surface area contributed by atoms with Crippen molar-refractivity contribution in [3.8, 4) is 0 Å². The van der Waals surface area contributed by atoms with Crippen molar-refractivity contribution in [2.75, 3.05) is 0 Å². The Morgan fingerprint density at radius 1 is 1.12 bits per heavy atom. The van der Waals surface area contributed by atoms with Gasteiger partial charge in [0.15, 0.2) is 5.70 Å². The van der Waals surface area contributed by atoms with E-state index in [2.05, 4.69) is 4.99 Å². The van der Waals surface area contributed by atoms with Crippen LogP contribution in [0.5, 0.6) is 0 Å². The zero-order chi connectivity index (χ0) is 18.9. The molecule has 0 bridgehead atoms. The molecule has 0 aliphatic carbocycles. The molecule has 3 rings (SSSR count). The largest absolute Gasteiger partial charge is 0.416 e. The lowest BCUT2D eigenvalue weighted by molar-refractivity contribution is -0.384. The minimum absolute atomic E-state index is 0.121. The standard InChI is InChI=1S/C17H9F3N2O4/c18-17(19,20)12-5-1-3-10(7-12)8-14-16(23)26-15(21-14)11-4-2-6-13(9-11)22(24)25/h1-9H. The van der Waals surface area contributed by atoms with Crippen LogP contribution in [0.15, 0.2) is 59.2 Å². The van der Waals surface area contributed by atoms with Gasteiger partial charge in [-0.3, -0.25) is 10.1 Å². The van der Waals surface area contributed by atoms with Crippen LogP contribution in [0.25, 0.3) is 6.08 Å². The highest BCUT2D eigenvalue weighted by Gasteiger charge is 2.30. The number of halogens is 3. The first-order valence-corrected chi connectivity index (χ1v) is 7.19. The average Bonchev–Trinajstić information content (AvgIpc) is 2.95. The predicted molar refractivity (Wildman–Crippen MR) is 85.1 cm³/mol. The number of benzene rings is 2. The molecule has 1 aliphatic rings. The van der Waals surface area contributed by atoms with E-state index in [4.69, 9.17) is 4.74 Å². The number of ether oxygens (including phenoxy) is 1. The van der Waals surface area contributed by atoms with Crippen molar-refractivity contribution in [3.05, 3.63) is 81.0 Å². The number of hydrogen-bond donors (Lipinski definition) is 0. The van der Waals surface area contributed by atoms with Gasteiger partial charge in [0.2, 0.25) is 5.90 Å². The van der Waals surface area contributed by atoms with Crippen LogP contribution in [-0.2, 0) is 15.7 Å². The smallest absolute Gasteiger partial charge is 0.402 e. The molecule has 0 spiro atoms. The zero-order valence-corrected chi connectivity index (χ0v) is 12.9. The van der Waals surface area contributed by atoms with Crippen molar-refractivity contribution in [1.82, 2.24) is 0 Å². The summed E-state index contributed by atoms with van der Waals surface area (Å²) in [6, 6.07) is 9.69. The number of carbonyl (C=O) groups excluding carboxylic acids is 1. The minimum Gasteiger partial charge on any atom is -0.402 e. The molecule has 2 aromatic rings. The molecule has 0 saturated carbocycles. The van der Waals surface area contributed by atoms with Gasteiger partial charge in [-0.25, -0.2) is 9.79 Å². The number of cyclic esters (lactones) is 1. The lowest BCUT2D eigenvalue weighted by atomic mass is 10.1. The molecule has 132 valence electrons. The number of nitrogens with zero attached hydrogens (tertiary/aromatic N) is 2. The Kier molecular flexibility index (Phi) is 4.29. The van der Waals surface area contributed by atoms with Crippen molar-refractivity contribution in [2.45, 2.75) is 6.18 Å². The fourth-order valence-electron chi connectivity index (χ4n) is 2.25. The second-order valence-corrected chi connectivity index (χ2v) is 5.27. The summed E-state index contributed by atoms with van der Waals surface area (Å²) in [5, 5.41) is 10.8. The fourth-order valence-corrected chi connectivity index (χ4v) is 2.25. The van der Waals surface area contributed by atoms with E-state index in [0.29, 0.717) is 0 Å². The number of nitro groups is 1. The summed E-state index contributed by atoms with van der Waals surface area (Å²) in [6.45, 7) is 0. The number of hydrogen-bond acceptors (Lipinski definition) is 5. The van der Waals surface area contributed by atoms with Crippen LogP contribution in [-0.4, -0.2) is 16.8 Å². The molecule has 1 aliphatic heterocycles. The number of nitro benzene ring substituents is 1. The molecule has 0 radical (unpaired) electrons. The normalized spacial score (nSPS) is 15.7. The first-order chi connectivity index (χ1) is 12.2. The number of aliphatic imine (C=N–C) groups is 1. The lowest BCUT2D eigenvalue weighted by Crippen LogP contribution is -2.06. The van der Waals surface area contributed by atoms with Crippen molar-refractivity contribution >= 4 is 23.6 Å². The molecule has 2 aromatic carbocycles. The van der Waals surface area contributed by atoms with E-state index in [9.17, 15) is 28.1 Å². The third-order valence-electron chi connectivity index (χ3n) is 3.44. The molecule has 9 heteroatoms. The van der Waals surface area contributed by atoms with Crippen LogP contribution in [0.4, 0.5) is 18.9 Å². The van der Waals surface area contributed by atoms with E-state index < -0.39 is 22.6 Å². The Hall–Kier alpha value is -3.49. The molecule has 0 unspecified atom stereocenters. The summed E-state index contributed by atoms with van der Waals surface area (Å²) in [7, 11) is 0. The Balaban J connectivity index is 1.95. The molecule has 0 saturated heterocycles. The van der Waals surface area contributed by atoms with Crippen molar-refractivity contribution in [3.63, 3.8) is 0 Å². The van der Waals surface area contributed by atoms with E-state index in [1.807, 2.05) is 0 Å². The highest BCUT2D eigenvalue weighted by atomic mass is 19.4. The summed E-state index contributed by atoms with van der Waals surface area (Å²) in [5.41, 5.74) is -0.945. The predicted octanol–water partition coefficient (Wildman–Crippen LogP) is 3.96. The van der Waals surface area contributed by atoms with Gasteiger partial charge in [0.25, 0.3) is 5.69 Å². The highest BCUT2D eigenvalue weighted by Crippen LogP contribution is 2.30. The summed E-state index contributed by atoms with van der Waals surface area (Å²) < 4.78 is 43.2. The molecular weight excluding hydrogens is 353 g/mol. The summed E-state index contributed by atoms with van der Waals surface area (Å²) in [6.07, 6.45) is -3.36. The molecule has 0 amide bonds. The van der Waals surface area contributed by atoms with Gasteiger partial charge in [-0.15, -0.1) is 0 Å². The van der Waals surface area contributed by atoms with Crippen molar-refractivity contribution in [2.24, 2.45) is 4.99 Å². The van der Waals surface area contributed by atoms with Crippen LogP contribution in [0.3, 0.4) is 0 Å². The summed E-state index contributed by atoms with van der Waals surface area (Å²) in [4.78, 5) is 26.0. The first kappa shape index (κ1) is 17.3. The SMILES string of the molecule is O=C1OC(c2cccc([N+](=O)[O-])c2)=NC1=Cc1cccc(C(F)(F)F)c1. The first-order valence-electron chi connectivity index (χ1n) is 7.19. The average molecular weight is 362 g/mol. The lowest BCUT2D eigenvalue weighted by Gasteiger charge is -2.06. The maximum atomic E-state index is 12.7. The monoisotopic (exact) mass is 362 g/mol. The van der Waals surface area contributed by atoms with Crippen molar-refractivity contribution < 1.29 is 27.6 Å². The third-order valence-corrected chi connectivity index (χ3v) is 3.44. The van der Waals surface area contributed by atoms with E-state index >= 15 is 0 Å². The molecule has 0 N–H and O–H groups in total. The number of esters is 1. The van der Waals surface area contributed by atoms with Crippen LogP contribution >= 0.6 is 0 Å². The molecular formula is C17H9F3N2O4. The Morgan fingerprint density at radius 3 is 2.54 bits per heavy atom. The van der Waals surface area contributed by atoms with E-state index in [1.54, 1.807) is 0 Å². The number of carbonyl (C=O) groups is 1. The van der Waals surface area contributed by atoms with Gasteiger partial charge in [-0.05, 0) is 29.8 Å². The van der Waals surface area contributed by atoms with Crippen molar-refractivity contribution in [1.29, 1.82) is 0 Å². The Labute approximate surface area is 144 Å². The number of rotatable bonds is 3. The molecule has 1 heterocycles. The zero-order valence-electron chi connectivity index (χ0n) is 12.9. The Bertz CT molecular complexity index is 964. The Morgan fingerprint density at radius 2 is 1.85 bits per heavy atom. The fraction of sp³-hybridized carbons (Fsp3) is 0.0588. The second kappa shape index (κ2) is 6.43. The van der Waals surface area contributed by atoms with Gasteiger partial charge in [-0.1, -0.05) is 18.2 Å². The molecule has 0 atom stereocenters. The minimum atomic E-state index is -4.51. The third kappa shape index (κ3) is 3.61. The number of alkyl halides is 3. The van der Waals surface area contributed by atoms with Gasteiger partial charge < -0.3 is 4.74 Å². The van der Waals surface area contributed by atoms with E-state index in [0.717, 1.165) is 18.2 Å². The second-order valence-electron chi connectivity index (χ2n) is 5.27. The van der Waals surface area contributed by atoms with E-state index in [-0.39, 0.29) is 28.4 Å². The van der Waals surface area contributed by atoms with Crippen LogP contribution < -0.4 is 0 Å². The molecule has 6 nitrogen and oxygen atoms in total. The van der Waals surface area contributed by atoms with Gasteiger partial charge in [0.1, 0.15) is 0 Å². The van der Waals surface area contributed by atoms with Gasteiger partial charge in [0.05, 0.1) is 10.5 Å². The van der Waals surface area contributed by atoms with Crippen LogP contribution in [0.1, 0.15) is 16.7 Å². The van der Waals surface area contributed by atoms with E-state index in [1.165, 1.54) is 36.4 Å². The summed E-state index contributed by atoms with van der Waals surface area (Å²) in [5.74, 6) is -1.01. The molecule has 0 aromatic heterocycles. The van der Waals surface area contributed by atoms with Gasteiger partial charge in [-0.2, -0.15) is 13.2 Å². The maximum absolute atomic E-state index is 12.7. The van der Waals surface area contributed by atoms with Crippen LogP contribution in [0.2, 0.25) is 0 Å². The highest BCUT2D eigenvalue weighted by molar-refractivity contribution is 6.13. The van der Waals surface area contributed by atoms with Gasteiger partial charge in [0, 0.05) is 17.7 Å². The van der Waals surface area contributed by atoms with Gasteiger partial charge >= 0.3 is 12.1 Å². The quantitative estimate of drug-likeness (QED) is 0.358. The summed E-state index contributed by atoms with van der Waals surface area (Å²) >= 11 is 0. The van der Waals surface area contributed by atoms with Crippen LogP contribution in [0, 0.1) is 10.1 Å². The number of non-ortho nitro benzene ring substituents is 1.